The Kier molecular flexibility index (Phi) is 6.99. The molecule has 2 aromatic carbocycles. The Labute approximate surface area is 294 Å². The molecular weight excluding hydrogens is 625 g/mol. The molecule has 2 spiro atoms. The maximum atomic E-state index is 14.7. The SMILES string of the molecule is CC(C)(C)C1=CC2(C=C(C(C)(C)C)C1=O)c1c(sc3ccccc13)-c1sc3ccccc3c1C21C=C(C(C)(C)C)C(=O)C(C(C)(C)C)=C1. The van der Waals surface area contributed by atoms with Gasteiger partial charge in [0.25, 0.3) is 0 Å². The molecule has 248 valence electrons. The number of hydrogen-bond donors (Lipinski definition) is 0. The normalized spacial score (nSPS) is 19.3. The van der Waals surface area contributed by atoms with Crippen molar-refractivity contribution in [2.75, 3.05) is 0 Å². The molecule has 0 saturated carbocycles. The summed E-state index contributed by atoms with van der Waals surface area (Å²) >= 11 is 3.73. The van der Waals surface area contributed by atoms with E-state index in [1.54, 1.807) is 0 Å². The van der Waals surface area contributed by atoms with Crippen LogP contribution in [0.4, 0.5) is 0 Å². The third-order valence-corrected chi connectivity index (χ3v) is 13.1. The number of benzene rings is 2. The van der Waals surface area contributed by atoms with Gasteiger partial charge in [0.05, 0.1) is 20.6 Å². The lowest BCUT2D eigenvalue weighted by Gasteiger charge is -2.54. The summed E-state index contributed by atoms with van der Waals surface area (Å²) in [7, 11) is 0. The standard InChI is InChI=1S/C44H48O2S2/c1-39(2,3)27-21-43(22-28(35(27)45)40(4,5)6)33-25-17-13-15-19-31(25)47-37(33)38-34(26-18-14-16-20-32(26)48-38)44(43)23-29(41(7,8)9)36(46)30(24-44)42(10,11)12/h13-24H,1-12H3. The lowest BCUT2D eigenvalue weighted by Crippen LogP contribution is -2.52. The second kappa shape index (κ2) is 10.1. The van der Waals surface area contributed by atoms with Gasteiger partial charge in [-0.1, -0.05) is 144 Å². The van der Waals surface area contributed by atoms with Gasteiger partial charge in [-0.25, -0.2) is 0 Å². The number of rotatable bonds is 0. The Balaban J connectivity index is 1.84. The smallest absolute Gasteiger partial charge is 0.185 e. The van der Waals surface area contributed by atoms with Gasteiger partial charge in [-0.3, -0.25) is 9.59 Å². The van der Waals surface area contributed by atoms with Gasteiger partial charge in [0.1, 0.15) is 0 Å². The van der Waals surface area contributed by atoms with E-state index in [2.05, 4.69) is 156 Å². The van der Waals surface area contributed by atoms with Gasteiger partial charge in [-0.2, -0.15) is 0 Å². The highest BCUT2D eigenvalue weighted by Crippen LogP contribution is 2.68. The van der Waals surface area contributed by atoms with Gasteiger partial charge in [0.15, 0.2) is 11.6 Å². The van der Waals surface area contributed by atoms with Crippen molar-refractivity contribution >= 4 is 54.4 Å². The van der Waals surface area contributed by atoms with Crippen molar-refractivity contribution in [3.8, 4) is 9.75 Å². The van der Waals surface area contributed by atoms with E-state index in [9.17, 15) is 9.59 Å². The molecule has 2 aromatic heterocycles. The molecule has 4 heteroatoms. The molecule has 0 fully saturated rings. The van der Waals surface area contributed by atoms with Gasteiger partial charge in [-0.15, -0.1) is 22.7 Å². The van der Waals surface area contributed by atoms with E-state index >= 15 is 0 Å². The molecule has 0 aliphatic heterocycles. The Morgan fingerprint density at radius 3 is 0.979 bits per heavy atom. The van der Waals surface area contributed by atoms with Crippen molar-refractivity contribution in [1.29, 1.82) is 0 Å². The van der Waals surface area contributed by atoms with E-state index in [-0.39, 0.29) is 11.6 Å². The van der Waals surface area contributed by atoms with Gasteiger partial charge < -0.3 is 0 Å². The van der Waals surface area contributed by atoms with E-state index in [0.29, 0.717) is 0 Å². The number of thiophene rings is 2. The number of carbonyl (C=O) groups excluding carboxylic acids is 2. The van der Waals surface area contributed by atoms with Crippen LogP contribution in [0.15, 0.2) is 95.1 Å². The predicted molar refractivity (Wildman–Crippen MR) is 206 cm³/mol. The fourth-order valence-electron chi connectivity index (χ4n) is 8.19. The van der Waals surface area contributed by atoms with Crippen LogP contribution in [0.2, 0.25) is 0 Å². The van der Waals surface area contributed by atoms with Crippen molar-refractivity contribution in [3.05, 3.63) is 106 Å². The van der Waals surface area contributed by atoms with Crippen molar-refractivity contribution in [2.45, 2.75) is 93.9 Å². The first-order valence-corrected chi connectivity index (χ1v) is 18.8. The molecule has 0 radical (unpaired) electrons. The maximum absolute atomic E-state index is 14.7. The van der Waals surface area contributed by atoms with E-state index in [0.717, 1.165) is 22.3 Å². The zero-order valence-corrected chi connectivity index (χ0v) is 32.2. The summed E-state index contributed by atoms with van der Waals surface area (Å²) in [6.45, 7) is 26.0. The third-order valence-electron chi connectivity index (χ3n) is 10.6. The summed E-state index contributed by atoms with van der Waals surface area (Å²) in [6.07, 6.45) is 9.39. The average Bonchev–Trinajstić information content (AvgIpc) is 3.55. The van der Waals surface area contributed by atoms with Crippen molar-refractivity contribution < 1.29 is 9.59 Å². The van der Waals surface area contributed by atoms with E-state index in [1.807, 2.05) is 22.7 Å². The van der Waals surface area contributed by atoms with Crippen LogP contribution in [0.5, 0.6) is 0 Å². The van der Waals surface area contributed by atoms with E-state index in [4.69, 9.17) is 0 Å². The molecule has 4 aromatic rings. The molecule has 0 atom stereocenters. The van der Waals surface area contributed by atoms with Gasteiger partial charge in [-0.05, 0) is 55.7 Å². The number of Topliss-reactive ketones (excluding diaryl/α,β-unsaturated/α-hetero) is 2. The molecule has 2 heterocycles. The molecule has 0 bridgehead atoms. The molecular formula is C44H48O2S2. The second-order valence-corrected chi connectivity index (χ2v) is 20.3. The Hall–Kier alpha value is -3.34. The zero-order chi connectivity index (χ0) is 35.0. The van der Waals surface area contributed by atoms with Crippen molar-refractivity contribution in [1.82, 2.24) is 0 Å². The largest absolute Gasteiger partial charge is 0.289 e. The van der Waals surface area contributed by atoms with E-state index in [1.165, 1.54) is 41.1 Å². The number of fused-ring (bicyclic) bond motifs is 10. The maximum Gasteiger partial charge on any atom is 0.185 e. The van der Waals surface area contributed by atoms with Crippen molar-refractivity contribution in [3.63, 3.8) is 0 Å². The topological polar surface area (TPSA) is 34.1 Å². The highest BCUT2D eigenvalue weighted by Gasteiger charge is 2.61. The predicted octanol–water partition coefficient (Wildman–Crippen LogP) is 12.3. The Morgan fingerprint density at radius 1 is 0.438 bits per heavy atom. The minimum Gasteiger partial charge on any atom is -0.289 e. The highest BCUT2D eigenvalue weighted by molar-refractivity contribution is 7.29. The fourth-order valence-corrected chi connectivity index (χ4v) is 10.9. The van der Waals surface area contributed by atoms with Crippen LogP contribution in [0.1, 0.15) is 94.2 Å². The first kappa shape index (κ1) is 33.2. The zero-order valence-electron chi connectivity index (χ0n) is 30.6. The summed E-state index contributed by atoms with van der Waals surface area (Å²) in [4.78, 5) is 32.0. The lowest BCUT2D eigenvalue weighted by atomic mass is 9.47. The van der Waals surface area contributed by atoms with E-state index < -0.39 is 32.5 Å². The quantitative estimate of drug-likeness (QED) is 0.186. The second-order valence-electron chi connectivity index (χ2n) is 18.2. The summed E-state index contributed by atoms with van der Waals surface area (Å²) < 4.78 is 2.48. The summed E-state index contributed by atoms with van der Waals surface area (Å²) in [6, 6.07) is 17.5. The number of allylic oxidation sites excluding steroid dienone is 8. The Bertz CT molecular complexity index is 1970. The molecule has 3 aliphatic carbocycles. The van der Waals surface area contributed by atoms with Crippen LogP contribution in [-0.4, -0.2) is 11.6 Å². The molecule has 0 amide bonds. The third kappa shape index (κ3) is 4.54. The van der Waals surface area contributed by atoms with Crippen molar-refractivity contribution in [2.24, 2.45) is 21.7 Å². The minimum atomic E-state index is -0.786. The van der Waals surface area contributed by atoms with Crippen LogP contribution in [0, 0.1) is 21.7 Å². The highest BCUT2D eigenvalue weighted by atomic mass is 32.1. The molecule has 2 nitrogen and oxygen atoms in total. The van der Waals surface area contributed by atoms with Crippen LogP contribution in [-0.2, 0) is 20.4 Å². The first-order valence-electron chi connectivity index (χ1n) is 17.2. The molecule has 0 saturated heterocycles. The number of hydrogen-bond acceptors (Lipinski definition) is 4. The minimum absolute atomic E-state index is 0.129. The molecule has 7 rings (SSSR count). The number of carbonyl (C=O) groups is 2. The summed E-state index contributed by atoms with van der Waals surface area (Å²) in [5.74, 6) is 0.259. The monoisotopic (exact) mass is 672 g/mol. The molecule has 48 heavy (non-hydrogen) atoms. The lowest BCUT2D eigenvalue weighted by molar-refractivity contribution is -0.115. The fraction of sp³-hybridized carbons (Fsp3) is 0.409. The molecule has 0 N–H and O–H groups in total. The van der Waals surface area contributed by atoms with Crippen LogP contribution < -0.4 is 0 Å². The van der Waals surface area contributed by atoms with Gasteiger partial charge >= 0.3 is 0 Å². The first-order chi connectivity index (χ1) is 22.1. The van der Waals surface area contributed by atoms with Crippen LogP contribution >= 0.6 is 22.7 Å². The van der Waals surface area contributed by atoms with Crippen LogP contribution in [0.25, 0.3) is 29.9 Å². The van der Waals surface area contributed by atoms with Gasteiger partial charge in [0.2, 0.25) is 0 Å². The van der Waals surface area contributed by atoms with Crippen LogP contribution in [0.3, 0.4) is 0 Å². The number of ketones is 2. The average molecular weight is 673 g/mol. The van der Waals surface area contributed by atoms with Gasteiger partial charge in [0, 0.05) is 31.7 Å². The Morgan fingerprint density at radius 2 is 0.708 bits per heavy atom. The summed E-state index contributed by atoms with van der Waals surface area (Å²) in [5, 5.41) is 2.44. The molecule has 0 unspecified atom stereocenters. The molecule has 3 aliphatic rings. The summed E-state index contributed by atoms with van der Waals surface area (Å²) in [5.41, 5.74) is 2.66.